The van der Waals surface area contributed by atoms with E-state index in [1.807, 2.05) is 14.2 Å². The molecule has 4 aromatic rings. The Morgan fingerprint density at radius 3 is 0.839 bits per heavy atom. The summed E-state index contributed by atoms with van der Waals surface area (Å²) in [5.74, 6) is 0. The van der Waals surface area contributed by atoms with Crippen LogP contribution in [0, 0.1) is 0 Å². The number of benzene rings is 4. The van der Waals surface area contributed by atoms with Crippen molar-refractivity contribution >= 4 is 51.9 Å². The molecule has 0 spiro atoms. The first kappa shape index (κ1) is 22.6. The van der Waals surface area contributed by atoms with Crippen molar-refractivity contribution in [3.63, 3.8) is 0 Å². The molecular weight excluding hydrogens is 594 g/mol. The average molecular weight is 622 g/mol. The van der Waals surface area contributed by atoms with Crippen LogP contribution in [-0.2, 0) is 6.15 Å². The fourth-order valence-corrected chi connectivity index (χ4v) is 57.2. The summed E-state index contributed by atoms with van der Waals surface area (Å²) < 4.78 is 19.8. The molecule has 0 aliphatic carbocycles. The third-order valence-electron chi connectivity index (χ3n) is 6.16. The van der Waals surface area contributed by atoms with E-state index in [9.17, 15) is 0 Å². The molecule has 0 unspecified atom stereocenters. The first-order chi connectivity index (χ1) is 15.2. The van der Waals surface area contributed by atoms with Crippen molar-refractivity contribution in [1.29, 1.82) is 0 Å². The van der Waals surface area contributed by atoms with Crippen LogP contribution in [0.2, 0.25) is 2.45 Å². The van der Waals surface area contributed by atoms with Gasteiger partial charge in [-0.2, -0.15) is 0 Å². The van der Waals surface area contributed by atoms with E-state index in [-0.39, 0.29) is 0 Å². The van der Waals surface area contributed by atoms with E-state index < -0.39 is 37.6 Å². The van der Waals surface area contributed by atoms with Gasteiger partial charge in [-0.25, -0.2) is 0 Å². The molecule has 2 nitrogen and oxygen atoms in total. The summed E-state index contributed by atoms with van der Waals surface area (Å²) in [6.45, 7) is 0. The molecule has 0 aliphatic heterocycles. The van der Waals surface area contributed by atoms with Crippen molar-refractivity contribution in [2.75, 3.05) is 14.2 Å². The Bertz CT molecular complexity index is 903. The van der Waals surface area contributed by atoms with Crippen LogP contribution in [0.1, 0.15) is 0 Å². The molecule has 0 bridgehead atoms. The molecule has 0 aliphatic rings. The molecule has 31 heavy (non-hydrogen) atoms. The van der Waals surface area contributed by atoms with Gasteiger partial charge in [0, 0.05) is 0 Å². The molecule has 0 N–H and O–H groups in total. The molecule has 0 fully saturated rings. The van der Waals surface area contributed by atoms with Crippen molar-refractivity contribution in [3.8, 4) is 0 Å². The van der Waals surface area contributed by atoms with Gasteiger partial charge >= 0.3 is 196 Å². The first-order valence-electron chi connectivity index (χ1n) is 10.6. The van der Waals surface area contributed by atoms with Gasteiger partial charge in [0.1, 0.15) is 0 Å². The Hall–Kier alpha value is -1.60. The summed E-state index contributed by atoms with van der Waals surface area (Å²) in [7, 11) is 3.83. The molecule has 0 atom stereocenters. The molecule has 4 rings (SSSR count). The van der Waals surface area contributed by atoms with E-state index in [2.05, 4.69) is 121 Å². The van der Waals surface area contributed by atoms with Crippen LogP contribution >= 0.6 is 0 Å². The maximum absolute atomic E-state index is 6.69. The van der Waals surface area contributed by atoms with Crippen molar-refractivity contribution in [2.45, 2.75) is 2.45 Å². The zero-order valence-corrected chi connectivity index (χ0v) is 23.8. The van der Waals surface area contributed by atoms with Crippen molar-refractivity contribution < 1.29 is 6.15 Å². The number of rotatable bonds is 8. The predicted molar refractivity (Wildman–Crippen MR) is 135 cm³/mol. The summed E-state index contributed by atoms with van der Waals surface area (Å²) in [5, 5.41) is 0. The molecule has 0 saturated heterocycles. The van der Waals surface area contributed by atoms with Crippen molar-refractivity contribution in [3.05, 3.63) is 121 Å². The average Bonchev–Trinajstić information content (AvgIpc) is 2.87. The molecule has 4 heteroatoms. The van der Waals surface area contributed by atoms with Gasteiger partial charge in [0.05, 0.1) is 0 Å². The SMILES string of the molecule is C[O][Sn]([CH2][Sn]([O]C)([c]1ccccc1)[c]1ccccc1)([c]1ccccc1)[c]1ccccc1. The predicted octanol–water partition coefficient (Wildman–Crippen LogP) is 3.34. The number of hydrogen-bond donors (Lipinski definition) is 0. The Balaban J connectivity index is 1.98. The first-order valence-corrected chi connectivity index (χ1v) is 22.6. The van der Waals surface area contributed by atoms with Gasteiger partial charge < -0.3 is 0 Å². The van der Waals surface area contributed by atoms with Gasteiger partial charge in [-0.3, -0.25) is 0 Å². The Morgan fingerprint density at radius 2 is 0.645 bits per heavy atom. The van der Waals surface area contributed by atoms with E-state index in [0.717, 1.165) is 2.45 Å². The van der Waals surface area contributed by atoms with Crippen LogP contribution in [0.4, 0.5) is 0 Å². The third-order valence-corrected chi connectivity index (χ3v) is 46.5. The van der Waals surface area contributed by atoms with Crippen LogP contribution in [-0.4, -0.2) is 51.8 Å². The van der Waals surface area contributed by atoms with Gasteiger partial charge in [-0.1, -0.05) is 0 Å². The molecule has 4 aromatic carbocycles. The van der Waals surface area contributed by atoms with Crippen LogP contribution < -0.4 is 14.3 Å². The second kappa shape index (κ2) is 10.3. The van der Waals surface area contributed by atoms with E-state index in [4.69, 9.17) is 6.15 Å². The van der Waals surface area contributed by atoms with Crippen molar-refractivity contribution in [2.24, 2.45) is 0 Å². The van der Waals surface area contributed by atoms with Crippen LogP contribution in [0.25, 0.3) is 0 Å². The molecule has 0 radical (unpaired) electrons. The quantitative estimate of drug-likeness (QED) is 0.281. The zero-order chi connectivity index (χ0) is 21.6. The Labute approximate surface area is 194 Å². The summed E-state index contributed by atoms with van der Waals surface area (Å²) in [6, 6.07) is 43.5. The van der Waals surface area contributed by atoms with Gasteiger partial charge in [-0.15, -0.1) is 0 Å². The summed E-state index contributed by atoms with van der Waals surface area (Å²) in [5.41, 5.74) is 0. The molecule has 0 saturated carbocycles. The van der Waals surface area contributed by atoms with Gasteiger partial charge in [0.2, 0.25) is 0 Å². The van der Waals surface area contributed by atoms with Crippen molar-refractivity contribution in [1.82, 2.24) is 0 Å². The van der Waals surface area contributed by atoms with Gasteiger partial charge in [-0.05, 0) is 0 Å². The van der Waals surface area contributed by atoms with Crippen LogP contribution in [0.5, 0.6) is 0 Å². The number of hydrogen-bond acceptors (Lipinski definition) is 2. The fraction of sp³-hybridized carbons (Fsp3) is 0.111. The topological polar surface area (TPSA) is 18.5 Å². The van der Waals surface area contributed by atoms with E-state index in [1.165, 1.54) is 14.3 Å². The van der Waals surface area contributed by atoms with Gasteiger partial charge in [0.25, 0.3) is 0 Å². The van der Waals surface area contributed by atoms with E-state index in [0.29, 0.717) is 0 Å². The zero-order valence-electron chi connectivity index (χ0n) is 18.1. The normalized spacial score (nSPS) is 11.9. The summed E-state index contributed by atoms with van der Waals surface area (Å²) >= 11 is -7.16. The Morgan fingerprint density at radius 1 is 0.419 bits per heavy atom. The van der Waals surface area contributed by atoms with E-state index in [1.54, 1.807) is 0 Å². The van der Waals surface area contributed by atoms with Crippen LogP contribution in [0.15, 0.2) is 121 Å². The molecule has 156 valence electrons. The minimum absolute atomic E-state index is 0.998. The second-order valence-electron chi connectivity index (χ2n) is 7.70. The Kier molecular flexibility index (Phi) is 7.54. The summed E-state index contributed by atoms with van der Waals surface area (Å²) in [6.07, 6.45) is 0. The van der Waals surface area contributed by atoms with Crippen LogP contribution in [0.3, 0.4) is 0 Å². The maximum atomic E-state index is 6.69. The summed E-state index contributed by atoms with van der Waals surface area (Å²) in [4.78, 5) is 0. The molecular formula is C27H28O2Sn2. The minimum atomic E-state index is -3.58. The van der Waals surface area contributed by atoms with E-state index >= 15 is 0 Å². The molecule has 0 amide bonds. The third kappa shape index (κ3) is 4.49. The van der Waals surface area contributed by atoms with Gasteiger partial charge in [0.15, 0.2) is 0 Å². The molecule has 0 heterocycles. The second-order valence-corrected chi connectivity index (χ2v) is 33.8. The fourth-order valence-electron chi connectivity index (χ4n) is 4.54. The standard InChI is InChI=1S/4C6H5.2CH3O.CH2.2Sn/c4*1-2-4-6-5-3-1;2*1-2;;;/h4*1-5H;2*1H3;1H2;;/q;;;;2*-1;;2*+1. The molecule has 0 aromatic heterocycles. The monoisotopic (exact) mass is 624 g/mol.